The molecular formula is C23H22N2O4S3. The summed E-state index contributed by atoms with van der Waals surface area (Å²) in [7, 11) is -3.41. The first-order chi connectivity index (χ1) is 15.3. The fourth-order valence-corrected chi connectivity index (χ4v) is 5.71. The molecule has 0 aliphatic heterocycles. The zero-order chi connectivity index (χ0) is 22.9. The van der Waals surface area contributed by atoms with Gasteiger partial charge in [-0.15, -0.1) is 11.8 Å². The molecule has 1 amide bonds. The maximum absolute atomic E-state index is 13.5. The van der Waals surface area contributed by atoms with Crippen LogP contribution in [0.15, 0.2) is 75.1 Å². The standard InChI is InChI=1S/C23H22N2O4S3/c1-15(2)32(27,28)19-9-6-16(7-10-19)22(26)25(14-17-5-4-12-29-17)23-24-20-11-8-18(30-3)13-21(20)31-23/h4-13,15H,14H2,1-3H3. The summed E-state index contributed by atoms with van der Waals surface area (Å²) in [6.07, 6.45) is 3.58. The molecule has 4 rings (SSSR count). The fourth-order valence-electron chi connectivity index (χ4n) is 3.14. The van der Waals surface area contributed by atoms with Crippen molar-refractivity contribution in [2.24, 2.45) is 0 Å². The highest BCUT2D eigenvalue weighted by Crippen LogP contribution is 2.33. The Bertz CT molecular complexity index is 1340. The topological polar surface area (TPSA) is 80.5 Å². The van der Waals surface area contributed by atoms with E-state index in [2.05, 4.69) is 11.1 Å². The van der Waals surface area contributed by atoms with Gasteiger partial charge in [-0.2, -0.15) is 0 Å². The Balaban J connectivity index is 1.71. The quantitative estimate of drug-likeness (QED) is 0.315. The predicted molar refractivity (Wildman–Crippen MR) is 129 cm³/mol. The maximum Gasteiger partial charge on any atom is 0.260 e. The highest BCUT2D eigenvalue weighted by molar-refractivity contribution is 7.98. The van der Waals surface area contributed by atoms with Gasteiger partial charge in [0.1, 0.15) is 5.76 Å². The van der Waals surface area contributed by atoms with Crippen molar-refractivity contribution in [3.63, 3.8) is 0 Å². The number of aromatic nitrogens is 1. The first-order valence-electron chi connectivity index (χ1n) is 9.92. The van der Waals surface area contributed by atoms with E-state index in [0.717, 1.165) is 15.1 Å². The summed E-state index contributed by atoms with van der Waals surface area (Å²) >= 11 is 3.08. The lowest BCUT2D eigenvalue weighted by atomic mass is 10.2. The molecule has 0 atom stereocenters. The number of carbonyl (C=O) groups excluding carboxylic acids is 1. The van der Waals surface area contributed by atoms with Gasteiger partial charge < -0.3 is 4.42 Å². The van der Waals surface area contributed by atoms with Gasteiger partial charge in [0, 0.05) is 10.5 Å². The molecule has 9 heteroatoms. The third-order valence-electron chi connectivity index (χ3n) is 5.00. The number of hydrogen-bond donors (Lipinski definition) is 0. The lowest BCUT2D eigenvalue weighted by Gasteiger charge is -2.19. The summed E-state index contributed by atoms with van der Waals surface area (Å²) in [4.78, 5) is 21.0. The van der Waals surface area contributed by atoms with Gasteiger partial charge in [-0.25, -0.2) is 13.4 Å². The molecule has 6 nitrogen and oxygen atoms in total. The van der Waals surface area contributed by atoms with E-state index in [1.807, 2.05) is 18.4 Å². The van der Waals surface area contributed by atoms with E-state index < -0.39 is 15.1 Å². The largest absolute Gasteiger partial charge is 0.467 e. The van der Waals surface area contributed by atoms with Crippen LogP contribution in [0.3, 0.4) is 0 Å². The van der Waals surface area contributed by atoms with E-state index in [1.54, 1.807) is 61.0 Å². The molecule has 0 bridgehead atoms. The average Bonchev–Trinajstić information content (AvgIpc) is 3.45. The molecular weight excluding hydrogens is 464 g/mol. The predicted octanol–water partition coefficient (Wildman–Crippen LogP) is 5.64. The molecule has 0 unspecified atom stereocenters. The Morgan fingerprint density at radius 2 is 1.91 bits per heavy atom. The van der Waals surface area contributed by atoms with Crippen molar-refractivity contribution in [2.75, 3.05) is 11.2 Å². The molecule has 2 aromatic carbocycles. The molecule has 0 aliphatic rings. The normalized spacial score (nSPS) is 11.9. The number of rotatable bonds is 7. The third-order valence-corrected chi connectivity index (χ3v) is 8.94. The molecule has 2 aromatic heterocycles. The smallest absolute Gasteiger partial charge is 0.260 e. The summed E-state index contributed by atoms with van der Waals surface area (Å²) in [5.74, 6) is 0.348. The van der Waals surface area contributed by atoms with Crippen LogP contribution >= 0.6 is 23.1 Å². The monoisotopic (exact) mass is 486 g/mol. The van der Waals surface area contributed by atoms with Crippen molar-refractivity contribution in [2.45, 2.75) is 35.4 Å². The van der Waals surface area contributed by atoms with Crippen molar-refractivity contribution in [1.82, 2.24) is 4.98 Å². The number of benzene rings is 2. The van der Waals surface area contributed by atoms with Gasteiger partial charge >= 0.3 is 0 Å². The summed E-state index contributed by atoms with van der Waals surface area (Å²) in [6, 6.07) is 15.6. The lowest BCUT2D eigenvalue weighted by molar-refractivity contribution is 0.0983. The van der Waals surface area contributed by atoms with Crippen LogP contribution in [-0.2, 0) is 16.4 Å². The number of amides is 1. The number of anilines is 1. The van der Waals surface area contributed by atoms with Gasteiger partial charge in [-0.1, -0.05) is 11.3 Å². The van der Waals surface area contributed by atoms with E-state index in [9.17, 15) is 13.2 Å². The summed E-state index contributed by atoms with van der Waals surface area (Å²) in [5.41, 5.74) is 1.20. The average molecular weight is 487 g/mol. The molecule has 32 heavy (non-hydrogen) atoms. The van der Waals surface area contributed by atoms with E-state index in [1.165, 1.54) is 23.5 Å². The molecule has 4 aromatic rings. The molecule has 0 saturated heterocycles. The number of nitrogens with zero attached hydrogens (tertiary/aromatic N) is 2. The third kappa shape index (κ3) is 4.46. The van der Waals surface area contributed by atoms with Crippen LogP contribution in [0.2, 0.25) is 0 Å². The van der Waals surface area contributed by atoms with Gasteiger partial charge in [-0.3, -0.25) is 9.69 Å². The molecule has 0 aliphatic carbocycles. The van der Waals surface area contributed by atoms with E-state index >= 15 is 0 Å². The Morgan fingerprint density at radius 3 is 2.53 bits per heavy atom. The number of carbonyl (C=O) groups is 1. The highest BCUT2D eigenvalue weighted by Gasteiger charge is 2.24. The number of hydrogen-bond acceptors (Lipinski definition) is 7. The second kappa shape index (κ2) is 9.09. The number of thioether (sulfide) groups is 1. The van der Waals surface area contributed by atoms with Gasteiger partial charge in [0.25, 0.3) is 5.91 Å². The number of sulfone groups is 1. The second-order valence-electron chi connectivity index (χ2n) is 7.42. The van der Waals surface area contributed by atoms with Crippen LogP contribution in [-0.4, -0.2) is 30.8 Å². The minimum absolute atomic E-state index is 0.200. The number of furan rings is 1. The van der Waals surface area contributed by atoms with Gasteiger partial charge in [-0.05, 0) is 74.7 Å². The number of fused-ring (bicyclic) bond motifs is 1. The molecule has 0 fully saturated rings. The fraction of sp³-hybridized carbons (Fsp3) is 0.217. The van der Waals surface area contributed by atoms with Gasteiger partial charge in [0.2, 0.25) is 0 Å². The van der Waals surface area contributed by atoms with E-state index in [-0.39, 0.29) is 17.3 Å². The molecule has 0 N–H and O–H groups in total. The highest BCUT2D eigenvalue weighted by atomic mass is 32.2. The van der Waals surface area contributed by atoms with Crippen molar-refractivity contribution in [3.8, 4) is 0 Å². The van der Waals surface area contributed by atoms with E-state index in [0.29, 0.717) is 16.5 Å². The van der Waals surface area contributed by atoms with Crippen molar-refractivity contribution in [3.05, 3.63) is 72.2 Å². The van der Waals surface area contributed by atoms with Crippen molar-refractivity contribution >= 4 is 54.2 Å². The van der Waals surface area contributed by atoms with Gasteiger partial charge in [0.05, 0.1) is 33.2 Å². The zero-order valence-electron chi connectivity index (χ0n) is 17.8. The Labute approximate surface area is 195 Å². The molecule has 0 saturated carbocycles. The molecule has 0 spiro atoms. The lowest BCUT2D eigenvalue weighted by Crippen LogP contribution is -2.30. The van der Waals surface area contributed by atoms with Crippen molar-refractivity contribution < 1.29 is 17.6 Å². The molecule has 0 radical (unpaired) electrons. The first kappa shape index (κ1) is 22.6. The van der Waals surface area contributed by atoms with Crippen LogP contribution < -0.4 is 4.90 Å². The second-order valence-corrected chi connectivity index (χ2v) is 11.8. The van der Waals surface area contributed by atoms with Crippen LogP contribution in [0.5, 0.6) is 0 Å². The maximum atomic E-state index is 13.5. The SMILES string of the molecule is CSc1ccc2nc(N(Cc3ccco3)C(=O)c3ccc(S(=O)(=O)C(C)C)cc3)sc2c1. The zero-order valence-corrected chi connectivity index (χ0v) is 20.3. The van der Waals surface area contributed by atoms with Crippen LogP contribution in [0.4, 0.5) is 5.13 Å². The Morgan fingerprint density at radius 1 is 1.16 bits per heavy atom. The summed E-state index contributed by atoms with van der Waals surface area (Å²) < 4.78 is 31.3. The van der Waals surface area contributed by atoms with E-state index in [4.69, 9.17) is 4.42 Å². The van der Waals surface area contributed by atoms with Crippen LogP contribution in [0.25, 0.3) is 10.2 Å². The Kier molecular flexibility index (Phi) is 6.41. The molecule has 2 heterocycles. The minimum atomic E-state index is -3.41. The number of thiazole rings is 1. The van der Waals surface area contributed by atoms with Crippen molar-refractivity contribution in [1.29, 1.82) is 0 Å². The molecule has 166 valence electrons. The minimum Gasteiger partial charge on any atom is -0.467 e. The first-order valence-corrected chi connectivity index (χ1v) is 13.5. The van der Waals surface area contributed by atoms with Crippen LogP contribution in [0.1, 0.15) is 30.0 Å². The summed E-state index contributed by atoms with van der Waals surface area (Å²) in [5, 5.41) is 0.0203. The van der Waals surface area contributed by atoms with Gasteiger partial charge in [0.15, 0.2) is 15.0 Å². The van der Waals surface area contributed by atoms with Crippen LogP contribution in [0, 0.1) is 0 Å². The summed E-state index contributed by atoms with van der Waals surface area (Å²) in [6.45, 7) is 3.48. The Hall–Kier alpha value is -2.62.